The zero-order valence-electron chi connectivity index (χ0n) is 12.4. The number of anilines is 1. The molecule has 0 aromatic heterocycles. The van der Waals surface area contributed by atoms with Crippen molar-refractivity contribution in [3.63, 3.8) is 0 Å². The molecule has 0 heterocycles. The van der Waals surface area contributed by atoms with E-state index in [-0.39, 0.29) is 23.1 Å². The van der Waals surface area contributed by atoms with E-state index in [0.717, 1.165) is 0 Å². The van der Waals surface area contributed by atoms with Crippen LogP contribution in [0.5, 0.6) is 5.75 Å². The Balaban J connectivity index is 1.91. The summed E-state index contributed by atoms with van der Waals surface area (Å²) in [5, 5.41) is 2.31. The molecule has 0 atom stereocenters. The Labute approximate surface area is 138 Å². The lowest BCUT2D eigenvalue weighted by Crippen LogP contribution is -2.20. The van der Waals surface area contributed by atoms with E-state index in [4.69, 9.17) is 16.3 Å². The first-order valence-electron chi connectivity index (χ1n) is 7.01. The van der Waals surface area contributed by atoms with Crippen molar-refractivity contribution < 1.29 is 18.7 Å². The van der Waals surface area contributed by atoms with Crippen LogP contribution >= 0.6 is 11.6 Å². The Morgan fingerprint density at radius 1 is 1.17 bits per heavy atom. The summed E-state index contributed by atoms with van der Waals surface area (Å²) in [6.07, 6.45) is 0.424. The summed E-state index contributed by atoms with van der Waals surface area (Å²) < 4.78 is 19.0. The zero-order chi connectivity index (χ0) is 16.8. The SMILES string of the molecule is CCC(=O)c1ccc(OCC(=O)Nc2cccc(Cl)c2F)cc1. The molecule has 120 valence electrons. The summed E-state index contributed by atoms with van der Waals surface area (Å²) in [5.74, 6) is -0.727. The van der Waals surface area contributed by atoms with Gasteiger partial charge in [0.05, 0.1) is 10.7 Å². The molecule has 0 fully saturated rings. The third kappa shape index (κ3) is 4.53. The Kier molecular flexibility index (Phi) is 5.71. The third-order valence-electron chi connectivity index (χ3n) is 3.09. The van der Waals surface area contributed by atoms with Crippen molar-refractivity contribution in [1.82, 2.24) is 0 Å². The van der Waals surface area contributed by atoms with Crippen LogP contribution < -0.4 is 10.1 Å². The summed E-state index contributed by atoms with van der Waals surface area (Å²) in [4.78, 5) is 23.3. The zero-order valence-corrected chi connectivity index (χ0v) is 13.2. The second-order valence-electron chi connectivity index (χ2n) is 4.74. The topological polar surface area (TPSA) is 55.4 Å². The van der Waals surface area contributed by atoms with Gasteiger partial charge in [-0.2, -0.15) is 0 Å². The van der Waals surface area contributed by atoms with Crippen LogP contribution in [0, 0.1) is 5.82 Å². The van der Waals surface area contributed by atoms with Crippen molar-refractivity contribution in [2.45, 2.75) is 13.3 Å². The van der Waals surface area contributed by atoms with Crippen molar-refractivity contribution in [2.75, 3.05) is 11.9 Å². The lowest BCUT2D eigenvalue weighted by Gasteiger charge is -2.09. The standard InChI is InChI=1S/C17H15ClFNO3/c1-2-15(21)11-6-8-12(9-7-11)23-10-16(22)20-14-5-3-4-13(18)17(14)19/h3-9H,2,10H2,1H3,(H,20,22). The molecular weight excluding hydrogens is 321 g/mol. The van der Waals surface area contributed by atoms with Crippen LogP contribution in [0.15, 0.2) is 42.5 Å². The quantitative estimate of drug-likeness (QED) is 0.809. The van der Waals surface area contributed by atoms with Crippen LogP contribution in [0.2, 0.25) is 5.02 Å². The normalized spacial score (nSPS) is 10.2. The van der Waals surface area contributed by atoms with Gasteiger partial charge in [0, 0.05) is 12.0 Å². The number of rotatable bonds is 6. The van der Waals surface area contributed by atoms with Gasteiger partial charge < -0.3 is 10.1 Å². The number of benzene rings is 2. The van der Waals surface area contributed by atoms with Crippen molar-refractivity contribution in [3.8, 4) is 5.75 Å². The van der Waals surface area contributed by atoms with Crippen LogP contribution in [-0.2, 0) is 4.79 Å². The molecular formula is C17H15ClFNO3. The number of ketones is 1. The smallest absolute Gasteiger partial charge is 0.262 e. The molecule has 4 nitrogen and oxygen atoms in total. The second kappa shape index (κ2) is 7.74. The van der Waals surface area contributed by atoms with Gasteiger partial charge in [0.1, 0.15) is 5.75 Å². The molecule has 2 aromatic rings. The predicted molar refractivity (Wildman–Crippen MR) is 86.6 cm³/mol. The van der Waals surface area contributed by atoms with E-state index >= 15 is 0 Å². The van der Waals surface area contributed by atoms with Crippen molar-refractivity contribution in [1.29, 1.82) is 0 Å². The highest BCUT2D eigenvalue weighted by molar-refractivity contribution is 6.31. The molecule has 0 bridgehead atoms. The van der Waals surface area contributed by atoms with Gasteiger partial charge in [-0.1, -0.05) is 24.6 Å². The number of halogens is 2. The van der Waals surface area contributed by atoms with Crippen LogP contribution in [0.3, 0.4) is 0 Å². The molecule has 0 spiro atoms. The van der Waals surface area contributed by atoms with Crippen LogP contribution in [0.4, 0.5) is 10.1 Å². The van der Waals surface area contributed by atoms with Crippen LogP contribution in [0.1, 0.15) is 23.7 Å². The number of ether oxygens (including phenoxy) is 1. The highest BCUT2D eigenvalue weighted by Crippen LogP contribution is 2.22. The molecule has 0 unspecified atom stereocenters. The Hall–Kier alpha value is -2.40. The molecule has 1 N–H and O–H groups in total. The van der Waals surface area contributed by atoms with E-state index in [2.05, 4.69) is 5.32 Å². The first-order valence-corrected chi connectivity index (χ1v) is 7.39. The summed E-state index contributed by atoms with van der Waals surface area (Å²) in [6, 6.07) is 10.8. The molecule has 0 aliphatic rings. The number of amides is 1. The van der Waals surface area contributed by atoms with Crippen molar-refractivity contribution >= 4 is 29.0 Å². The van der Waals surface area contributed by atoms with E-state index in [1.54, 1.807) is 31.2 Å². The molecule has 6 heteroatoms. The lowest BCUT2D eigenvalue weighted by molar-refractivity contribution is -0.118. The number of carbonyl (C=O) groups is 2. The lowest BCUT2D eigenvalue weighted by atomic mass is 10.1. The van der Waals surface area contributed by atoms with E-state index in [9.17, 15) is 14.0 Å². The summed E-state index contributed by atoms with van der Waals surface area (Å²) in [5.41, 5.74) is 0.584. The van der Waals surface area contributed by atoms with E-state index < -0.39 is 11.7 Å². The summed E-state index contributed by atoms with van der Waals surface area (Å²) in [6.45, 7) is 1.50. The second-order valence-corrected chi connectivity index (χ2v) is 5.15. The maximum atomic E-state index is 13.7. The molecule has 23 heavy (non-hydrogen) atoms. The maximum Gasteiger partial charge on any atom is 0.262 e. The maximum absolute atomic E-state index is 13.7. The number of nitrogens with one attached hydrogen (secondary N) is 1. The first-order chi connectivity index (χ1) is 11.0. The average Bonchev–Trinajstić information content (AvgIpc) is 2.57. The molecule has 0 aliphatic carbocycles. The Morgan fingerprint density at radius 2 is 1.87 bits per heavy atom. The molecule has 2 aromatic carbocycles. The fraction of sp³-hybridized carbons (Fsp3) is 0.176. The van der Waals surface area contributed by atoms with E-state index in [1.165, 1.54) is 18.2 Å². The van der Waals surface area contributed by atoms with Gasteiger partial charge >= 0.3 is 0 Å². The van der Waals surface area contributed by atoms with E-state index in [0.29, 0.717) is 17.7 Å². The van der Waals surface area contributed by atoms with Crippen LogP contribution in [0.25, 0.3) is 0 Å². The van der Waals surface area contributed by atoms with Crippen molar-refractivity contribution in [3.05, 3.63) is 58.9 Å². The number of hydrogen-bond donors (Lipinski definition) is 1. The first kappa shape index (κ1) is 17.0. The van der Waals surface area contributed by atoms with Gasteiger partial charge in [-0.15, -0.1) is 0 Å². The molecule has 0 aliphatic heterocycles. The fourth-order valence-corrected chi connectivity index (χ4v) is 2.05. The minimum Gasteiger partial charge on any atom is -0.484 e. The number of hydrogen-bond acceptors (Lipinski definition) is 3. The largest absolute Gasteiger partial charge is 0.484 e. The fourth-order valence-electron chi connectivity index (χ4n) is 1.88. The minimum atomic E-state index is -0.690. The van der Waals surface area contributed by atoms with Gasteiger partial charge in [-0.25, -0.2) is 4.39 Å². The molecule has 1 amide bonds. The molecule has 0 saturated carbocycles. The molecule has 0 saturated heterocycles. The average molecular weight is 336 g/mol. The van der Waals surface area contributed by atoms with Gasteiger partial charge in [0.2, 0.25) is 0 Å². The number of carbonyl (C=O) groups excluding carboxylic acids is 2. The van der Waals surface area contributed by atoms with Gasteiger partial charge in [0.25, 0.3) is 5.91 Å². The van der Waals surface area contributed by atoms with Gasteiger partial charge in [-0.3, -0.25) is 9.59 Å². The molecule has 0 radical (unpaired) electrons. The monoisotopic (exact) mass is 335 g/mol. The van der Waals surface area contributed by atoms with Crippen LogP contribution in [-0.4, -0.2) is 18.3 Å². The summed E-state index contributed by atoms with van der Waals surface area (Å²) >= 11 is 5.64. The minimum absolute atomic E-state index is 0.00464. The summed E-state index contributed by atoms with van der Waals surface area (Å²) in [7, 11) is 0. The third-order valence-corrected chi connectivity index (χ3v) is 3.38. The van der Waals surface area contributed by atoms with Crippen molar-refractivity contribution in [2.24, 2.45) is 0 Å². The van der Waals surface area contributed by atoms with Gasteiger partial charge in [0.15, 0.2) is 18.2 Å². The highest BCUT2D eigenvalue weighted by atomic mass is 35.5. The van der Waals surface area contributed by atoms with E-state index in [1.807, 2.05) is 0 Å². The predicted octanol–water partition coefficient (Wildman–Crippen LogP) is 4.09. The Bertz CT molecular complexity index is 716. The molecule has 2 rings (SSSR count). The number of Topliss-reactive ketones (excluding diaryl/α,β-unsaturated/α-hetero) is 1. The highest BCUT2D eigenvalue weighted by Gasteiger charge is 2.10. The Morgan fingerprint density at radius 3 is 2.52 bits per heavy atom. The van der Waals surface area contributed by atoms with Gasteiger partial charge in [-0.05, 0) is 36.4 Å².